The van der Waals surface area contributed by atoms with E-state index in [4.69, 9.17) is 0 Å². The Balaban J connectivity index is 2.69. The third kappa shape index (κ3) is 4.86. The molecule has 1 rings (SSSR count). The zero-order valence-electron chi connectivity index (χ0n) is 13.7. The van der Waals surface area contributed by atoms with Crippen LogP contribution in [-0.4, -0.2) is 77.5 Å². The number of likely N-dealkylation sites (N-methyl/N-ethyl adjacent to an activating group) is 1. The summed E-state index contributed by atoms with van der Waals surface area (Å²) >= 11 is 0. The molecule has 0 radical (unpaired) electrons. The van der Waals surface area contributed by atoms with E-state index in [2.05, 4.69) is 0 Å². The molecule has 128 valence electrons. The lowest BCUT2D eigenvalue weighted by atomic mass is 9.96. The average Bonchev–Trinajstić information content (AvgIpc) is 2.22. The zero-order chi connectivity index (χ0) is 17.3. The van der Waals surface area contributed by atoms with E-state index in [0.717, 1.165) is 7.05 Å². The molecule has 8 heteroatoms. The SMILES string of the molecule is CC(C)N1C(=O)CN(CC(=O)N(C)CC(F)(F)F)CC1(C)C. The van der Waals surface area contributed by atoms with Crippen LogP contribution in [0.1, 0.15) is 27.7 Å². The molecule has 0 spiro atoms. The quantitative estimate of drug-likeness (QED) is 0.784. The van der Waals surface area contributed by atoms with Crippen molar-refractivity contribution in [1.82, 2.24) is 14.7 Å². The number of piperazine rings is 1. The molecule has 1 aliphatic rings. The van der Waals surface area contributed by atoms with Crippen LogP contribution in [0.3, 0.4) is 0 Å². The molecule has 0 aromatic carbocycles. The summed E-state index contributed by atoms with van der Waals surface area (Å²) in [4.78, 5) is 28.1. The Morgan fingerprint density at radius 1 is 1.36 bits per heavy atom. The number of alkyl halides is 3. The minimum atomic E-state index is -4.42. The van der Waals surface area contributed by atoms with Gasteiger partial charge in [-0.3, -0.25) is 14.5 Å². The Morgan fingerprint density at radius 2 is 1.91 bits per heavy atom. The summed E-state index contributed by atoms with van der Waals surface area (Å²) in [5.74, 6) is -0.753. The third-order valence-electron chi connectivity index (χ3n) is 3.61. The van der Waals surface area contributed by atoms with Crippen molar-refractivity contribution in [2.24, 2.45) is 0 Å². The summed E-state index contributed by atoms with van der Waals surface area (Å²) in [5, 5.41) is 0. The summed E-state index contributed by atoms with van der Waals surface area (Å²) in [7, 11) is 1.12. The van der Waals surface area contributed by atoms with E-state index < -0.39 is 24.2 Å². The fourth-order valence-corrected chi connectivity index (χ4v) is 3.05. The first-order chi connectivity index (χ1) is 9.83. The number of carbonyl (C=O) groups is 2. The van der Waals surface area contributed by atoms with Crippen molar-refractivity contribution in [2.75, 3.05) is 33.2 Å². The van der Waals surface area contributed by atoms with Crippen LogP contribution >= 0.6 is 0 Å². The molecule has 1 heterocycles. The number of halogens is 3. The normalized spacial score (nSPS) is 19.7. The molecule has 0 saturated carbocycles. The van der Waals surface area contributed by atoms with Gasteiger partial charge in [0.25, 0.3) is 0 Å². The van der Waals surface area contributed by atoms with Gasteiger partial charge in [0.15, 0.2) is 0 Å². The minimum absolute atomic E-state index is 0.0354. The summed E-state index contributed by atoms with van der Waals surface area (Å²) in [5.41, 5.74) is -0.466. The second-order valence-corrected chi connectivity index (χ2v) is 6.68. The minimum Gasteiger partial charge on any atom is -0.336 e. The number of nitrogens with zero attached hydrogens (tertiary/aromatic N) is 3. The van der Waals surface area contributed by atoms with Crippen molar-refractivity contribution >= 4 is 11.8 Å². The van der Waals surface area contributed by atoms with Gasteiger partial charge in [-0.25, -0.2) is 0 Å². The lowest BCUT2D eigenvalue weighted by Gasteiger charge is -2.48. The van der Waals surface area contributed by atoms with Gasteiger partial charge in [-0.2, -0.15) is 13.2 Å². The lowest BCUT2D eigenvalue weighted by molar-refractivity contribution is -0.161. The molecule has 0 aromatic rings. The highest BCUT2D eigenvalue weighted by molar-refractivity contribution is 5.82. The molecule has 5 nitrogen and oxygen atoms in total. The van der Waals surface area contributed by atoms with Crippen molar-refractivity contribution in [2.45, 2.75) is 45.5 Å². The highest BCUT2D eigenvalue weighted by Crippen LogP contribution is 2.24. The Morgan fingerprint density at radius 3 is 2.32 bits per heavy atom. The standard InChI is InChI=1S/C14H24F3N3O2/c1-10(2)20-12(22)7-19(8-13(20,3)4)6-11(21)18(5)9-14(15,16)17/h10H,6-9H2,1-5H3. The van der Waals surface area contributed by atoms with E-state index in [0.29, 0.717) is 11.4 Å². The van der Waals surface area contributed by atoms with Gasteiger partial charge < -0.3 is 9.80 Å². The maximum absolute atomic E-state index is 12.3. The molecule has 1 saturated heterocycles. The van der Waals surface area contributed by atoms with Crippen LogP contribution in [0.2, 0.25) is 0 Å². The highest BCUT2D eigenvalue weighted by atomic mass is 19.4. The Kier molecular flexibility index (Phi) is 5.48. The van der Waals surface area contributed by atoms with Gasteiger partial charge in [-0.1, -0.05) is 0 Å². The van der Waals surface area contributed by atoms with Gasteiger partial charge in [-0.15, -0.1) is 0 Å². The number of carbonyl (C=O) groups excluding carboxylic acids is 2. The molecule has 1 aliphatic heterocycles. The van der Waals surface area contributed by atoms with E-state index in [1.807, 2.05) is 27.7 Å². The number of hydrogen-bond donors (Lipinski definition) is 0. The van der Waals surface area contributed by atoms with Crippen LogP contribution in [0.15, 0.2) is 0 Å². The monoisotopic (exact) mass is 323 g/mol. The second-order valence-electron chi connectivity index (χ2n) is 6.68. The molecule has 0 aromatic heterocycles. The average molecular weight is 323 g/mol. The fourth-order valence-electron chi connectivity index (χ4n) is 3.05. The predicted octanol–water partition coefficient (Wildman–Crippen LogP) is 1.34. The third-order valence-corrected chi connectivity index (χ3v) is 3.61. The predicted molar refractivity (Wildman–Crippen MR) is 76.2 cm³/mol. The largest absolute Gasteiger partial charge is 0.406 e. The number of amides is 2. The maximum atomic E-state index is 12.3. The number of rotatable bonds is 4. The molecule has 1 fully saturated rings. The number of hydrogen-bond acceptors (Lipinski definition) is 3. The maximum Gasteiger partial charge on any atom is 0.406 e. The van der Waals surface area contributed by atoms with E-state index in [1.165, 1.54) is 0 Å². The smallest absolute Gasteiger partial charge is 0.336 e. The van der Waals surface area contributed by atoms with Gasteiger partial charge in [0.1, 0.15) is 6.54 Å². The van der Waals surface area contributed by atoms with E-state index in [9.17, 15) is 22.8 Å². The molecule has 2 amide bonds. The van der Waals surface area contributed by atoms with E-state index >= 15 is 0 Å². The second kappa shape index (κ2) is 6.44. The summed E-state index contributed by atoms with van der Waals surface area (Å²) in [6.45, 7) is 6.63. The first kappa shape index (κ1) is 18.7. The Bertz CT molecular complexity index is 436. The van der Waals surface area contributed by atoms with Crippen molar-refractivity contribution in [3.8, 4) is 0 Å². The van der Waals surface area contributed by atoms with Crippen LogP contribution in [0, 0.1) is 0 Å². The Labute approximate surface area is 129 Å². The molecule has 0 atom stereocenters. The molecule has 0 unspecified atom stereocenters. The highest BCUT2D eigenvalue weighted by Gasteiger charge is 2.40. The zero-order valence-corrected chi connectivity index (χ0v) is 13.7. The first-order valence-electron chi connectivity index (χ1n) is 7.19. The van der Waals surface area contributed by atoms with Gasteiger partial charge in [-0.05, 0) is 27.7 Å². The molecule has 0 aliphatic carbocycles. The summed E-state index contributed by atoms with van der Waals surface area (Å²) in [6, 6.07) is 0.0354. The van der Waals surface area contributed by atoms with Crippen molar-refractivity contribution < 1.29 is 22.8 Å². The van der Waals surface area contributed by atoms with Crippen LogP contribution in [0.5, 0.6) is 0 Å². The summed E-state index contributed by atoms with van der Waals surface area (Å²) in [6.07, 6.45) is -4.42. The van der Waals surface area contributed by atoms with Crippen molar-refractivity contribution in [1.29, 1.82) is 0 Å². The lowest BCUT2D eigenvalue weighted by Crippen LogP contribution is -2.64. The topological polar surface area (TPSA) is 43.9 Å². The van der Waals surface area contributed by atoms with Gasteiger partial charge in [0.2, 0.25) is 11.8 Å². The van der Waals surface area contributed by atoms with Crippen molar-refractivity contribution in [3.63, 3.8) is 0 Å². The molecule has 0 N–H and O–H groups in total. The van der Waals surface area contributed by atoms with Gasteiger partial charge in [0, 0.05) is 19.6 Å². The van der Waals surface area contributed by atoms with Crippen LogP contribution in [0.4, 0.5) is 13.2 Å². The van der Waals surface area contributed by atoms with Crippen LogP contribution in [0.25, 0.3) is 0 Å². The van der Waals surface area contributed by atoms with E-state index in [-0.39, 0.29) is 25.0 Å². The molecular weight excluding hydrogens is 299 g/mol. The van der Waals surface area contributed by atoms with Crippen molar-refractivity contribution in [3.05, 3.63) is 0 Å². The fraction of sp³-hybridized carbons (Fsp3) is 0.857. The Hall–Kier alpha value is -1.31. The summed E-state index contributed by atoms with van der Waals surface area (Å²) < 4.78 is 36.9. The van der Waals surface area contributed by atoms with Gasteiger partial charge >= 0.3 is 6.18 Å². The molecule has 22 heavy (non-hydrogen) atoms. The first-order valence-corrected chi connectivity index (χ1v) is 7.19. The van der Waals surface area contributed by atoms with Gasteiger partial charge in [0.05, 0.1) is 18.6 Å². The molecule has 0 bridgehead atoms. The van der Waals surface area contributed by atoms with E-state index in [1.54, 1.807) is 9.80 Å². The molecular formula is C14H24F3N3O2. The van der Waals surface area contributed by atoms with Crippen LogP contribution < -0.4 is 0 Å². The van der Waals surface area contributed by atoms with Crippen LogP contribution in [-0.2, 0) is 9.59 Å².